The molecule has 0 bridgehead atoms. The van der Waals surface area contributed by atoms with E-state index < -0.39 is 0 Å². The van der Waals surface area contributed by atoms with Crippen molar-refractivity contribution in [2.45, 2.75) is 194 Å². The van der Waals surface area contributed by atoms with Gasteiger partial charge in [0.05, 0.1) is 13.2 Å². The van der Waals surface area contributed by atoms with Crippen LogP contribution in [0.3, 0.4) is 0 Å². The number of nitrogens with zero attached hydrogens (tertiary/aromatic N) is 1. The van der Waals surface area contributed by atoms with Crippen LogP contribution < -0.4 is 0 Å². The second-order valence-corrected chi connectivity index (χ2v) is 15.6. The summed E-state index contributed by atoms with van der Waals surface area (Å²) < 4.78 is 22.4. The highest BCUT2D eigenvalue weighted by Gasteiger charge is 2.17. The third kappa shape index (κ3) is 32.7. The zero-order chi connectivity index (χ0) is 41.2. The molecule has 0 aromatic heterocycles. The first-order chi connectivity index (χ1) is 27.5. The van der Waals surface area contributed by atoms with Crippen molar-refractivity contribution in [1.29, 1.82) is 0 Å². The summed E-state index contributed by atoms with van der Waals surface area (Å²) >= 11 is 0. The molecule has 1 aromatic rings. The van der Waals surface area contributed by atoms with E-state index in [9.17, 15) is 10.2 Å². The van der Waals surface area contributed by atoms with Crippen molar-refractivity contribution in [2.75, 3.05) is 60.3 Å². The molecule has 326 valence electrons. The van der Waals surface area contributed by atoms with Gasteiger partial charge in [-0.25, -0.2) is 0 Å². The van der Waals surface area contributed by atoms with Crippen LogP contribution in [-0.2, 0) is 25.4 Å². The molecule has 1 aliphatic rings. The van der Waals surface area contributed by atoms with Crippen molar-refractivity contribution in [2.24, 2.45) is 0 Å². The van der Waals surface area contributed by atoms with Gasteiger partial charge in [-0.1, -0.05) is 135 Å². The molecule has 0 amide bonds. The fourth-order valence-corrected chi connectivity index (χ4v) is 6.82. The molecule has 0 radical (unpaired) electrons. The first kappa shape index (κ1) is 53.6. The smallest absolute Gasteiger partial charge is 0.278 e. The number of phenolic OH excluding ortho intramolecular Hbond substituents is 2. The van der Waals surface area contributed by atoms with Crippen LogP contribution in [0.2, 0.25) is 0 Å². The zero-order valence-corrected chi connectivity index (χ0v) is 37.1. The number of aromatic hydroxyl groups is 2. The number of unbranched alkanes of at least 4 members (excludes halogenated alkanes) is 20. The number of methoxy groups -OCH3 is 2. The standard InChI is InChI=1S/C36H63NO5.C11H24O.C2H2/c1-3-4-5-6-7-8-11-17-29-41-36(33-20-19-21-33)42-30-18-13-10-15-26-37(25-14-9-12-16-28-40-2)27-24-32-22-23-34(38)35(39)31-32;1-3-4-5-6-7-8-9-10-11-12-2;1-2/h22-23,31,38-39H,3-21,24-30H2,1-2H3;3-11H2,1-2H3;1-2H. The van der Waals surface area contributed by atoms with E-state index in [1.165, 1.54) is 147 Å². The van der Waals surface area contributed by atoms with Crippen LogP contribution in [0.25, 0.3) is 0 Å². The predicted octanol–water partition coefficient (Wildman–Crippen LogP) is 13.3. The maximum atomic E-state index is 9.84. The highest BCUT2D eigenvalue weighted by molar-refractivity contribution is 5.40. The van der Waals surface area contributed by atoms with Gasteiger partial charge in [-0.05, 0) is 95.0 Å². The zero-order valence-electron chi connectivity index (χ0n) is 37.1. The van der Waals surface area contributed by atoms with Crippen molar-refractivity contribution in [1.82, 2.24) is 4.90 Å². The first-order valence-electron chi connectivity index (χ1n) is 23.1. The minimum Gasteiger partial charge on any atom is -0.504 e. The Morgan fingerprint density at radius 2 is 0.946 bits per heavy atom. The molecule has 7 nitrogen and oxygen atoms in total. The van der Waals surface area contributed by atoms with Gasteiger partial charge in [0.1, 0.15) is 0 Å². The van der Waals surface area contributed by atoms with Gasteiger partial charge in [0, 0.05) is 39.6 Å². The molecule has 0 spiro atoms. The first-order valence-corrected chi connectivity index (χ1v) is 23.1. The van der Waals surface area contributed by atoms with Crippen LogP contribution in [0, 0.1) is 12.8 Å². The number of terminal acetylenes is 1. The van der Waals surface area contributed by atoms with Crippen LogP contribution in [0.1, 0.15) is 193 Å². The van der Waals surface area contributed by atoms with Crippen molar-refractivity contribution in [3.8, 4) is 24.3 Å². The fourth-order valence-electron chi connectivity index (χ4n) is 6.82. The number of benzene rings is 1. The molecule has 0 atom stereocenters. The average Bonchev–Trinajstić information content (AvgIpc) is 3.19. The number of hydrogen-bond acceptors (Lipinski definition) is 7. The molecule has 1 aromatic carbocycles. The van der Waals surface area contributed by atoms with Crippen LogP contribution in [0.5, 0.6) is 11.5 Å². The monoisotopic (exact) mass is 788 g/mol. The molecule has 0 heterocycles. The second kappa shape index (κ2) is 42.2. The Balaban J connectivity index is 0.00000184. The highest BCUT2D eigenvalue weighted by atomic mass is 16.7. The summed E-state index contributed by atoms with van der Waals surface area (Å²) in [6.07, 6.45) is 43.4. The third-order valence-electron chi connectivity index (χ3n) is 10.6. The van der Waals surface area contributed by atoms with Gasteiger partial charge >= 0.3 is 0 Å². The summed E-state index contributed by atoms with van der Waals surface area (Å²) in [5.41, 5.74) is 2.45. The second-order valence-electron chi connectivity index (χ2n) is 15.6. The lowest BCUT2D eigenvalue weighted by Gasteiger charge is -2.23. The molecule has 1 saturated carbocycles. The number of allylic oxidation sites excluding steroid dienone is 1. The minimum atomic E-state index is -0.0540. The topological polar surface area (TPSA) is 80.6 Å². The number of ether oxygens (including phenoxy) is 4. The van der Waals surface area contributed by atoms with Crippen LogP contribution in [0.15, 0.2) is 29.7 Å². The molecule has 7 heteroatoms. The lowest BCUT2D eigenvalue weighted by Crippen LogP contribution is -2.28. The third-order valence-corrected chi connectivity index (χ3v) is 10.6. The minimum absolute atomic E-state index is 0.0333. The summed E-state index contributed by atoms with van der Waals surface area (Å²) in [5, 5.41) is 19.5. The van der Waals surface area contributed by atoms with Crippen molar-refractivity contribution >= 4 is 0 Å². The van der Waals surface area contributed by atoms with Gasteiger partial charge in [-0.15, -0.1) is 12.8 Å². The number of phenols is 2. The summed E-state index contributed by atoms with van der Waals surface area (Å²) in [6.45, 7) is 11.0. The van der Waals surface area contributed by atoms with Gasteiger partial charge in [0.25, 0.3) is 5.95 Å². The molecular weight excluding hydrogens is 699 g/mol. The van der Waals surface area contributed by atoms with Crippen LogP contribution in [0.4, 0.5) is 0 Å². The maximum Gasteiger partial charge on any atom is 0.278 e. The Bertz CT molecular complexity index is 1010. The predicted molar refractivity (Wildman–Crippen MR) is 238 cm³/mol. The van der Waals surface area contributed by atoms with E-state index in [1.807, 2.05) is 6.07 Å². The average molecular weight is 788 g/mol. The van der Waals surface area contributed by atoms with E-state index in [2.05, 4.69) is 31.6 Å². The molecule has 0 aliphatic heterocycles. The van der Waals surface area contributed by atoms with Crippen molar-refractivity contribution < 1.29 is 29.2 Å². The molecule has 1 aliphatic carbocycles. The van der Waals surface area contributed by atoms with Crippen LogP contribution in [-0.4, -0.2) is 75.4 Å². The summed E-state index contributed by atoms with van der Waals surface area (Å²) in [4.78, 5) is 2.56. The van der Waals surface area contributed by atoms with E-state index >= 15 is 0 Å². The molecule has 2 rings (SSSR count). The Morgan fingerprint density at radius 1 is 0.536 bits per heavy atom. The van der Waals surface area contributed by atoms with Crippen molar-refractivity contribution in [3.05, 3.63) is 35.3 Å². The van der Waals surface area contributed by atoms with Crippen LogP contribution >= 0.6 is 0 Å². The number of rotatable bonds is 37. The Morgan fingerprint density at radius 3 is 1.34 bits per heavy atom. The van der Waals surface area contributed by atoms with Crippen molar-refractivity contribution in [3.63, 3.8) is 0 Å². The van der Waals surface area contributed by atoms with E-state index in [-0.39, 0.29) is 11.5 Å². The maximum absolute atomic E-state index is 9.84. The SMILES string of the molecule is C#C.CCCCCCCCCCOC.CCCCCCCCCCOC(OCCCCCCN(CCCCCCOC)CCc1ccc(O)c(O)c1)=C1CCC1. The molecule has 0 saturated heterocycles. The molecule has 56 heavy (non-hydrogen) atoms. The lowest BCUT2D eigenvalue weighted by molar-refractivity contribution is 0.0246. The van der Waals surface area contributed by atoms with E-state index in [0.29, 0.717) is 0 Å². The molecule has 1 fully saturated rings. The number of hydrogen-bond donors (Lipinski definition) is 2. The quantitative estimate of drug-likeness (QED) is 0.0301. The highest BCUT2D eigenvalue weighted by Crippen LogP contribution is 2.30. The summed E-state index contributed by atoms with van der Waals surface area (Å²) in [5.74, 6) is 0.761. The van der Waals surface area contributed by atoms with Gasteiger partial charge in [-0.2, -0.15) is 0 Å². The molecule has 2 N–H and O–H groups in total. The Labute approximate surface area is 346 Å². The summed E-state index contributed by atoms with van der Waals surface area (Å²) in [6, 6.07) is 5.18. The van der Waals surface area contributed by atoms with Gasteiger partial charge in [-0.3, -0.25) is 0 Å². The van der Waals surface area contributed by atoms with E-state index in [4.69, 9.17) is 18.9 Å². The van der Waals surface area contributed by atoms with E-state index in [0.717, 1.165) is 96.1 Å². The Kier molecular flexibility index (Phi) is 40.4. The summed E-state index contributed by atoms with van der Waals surface area (Å²) in [7, 11) is 3.55. The lowest BCUT2D eigenvalue weighted by atomic mass is 9.93. The fraction of sp³-hybridized carbons (Fsp3) is 0.796. The normalized spacial score (nSPS) is 12.0. The van der Waals surface area contributed by atoms with Gasteiger partial charge in [0.15, 0.2) is 11.5 Å². The largest absolute Gasteiger partial charge is 0.504 e. The van der Waals surface area contributed by atoms with E-state index in [1.54, 1.807) is 26.4 Å². The molecular formula is C49H89NO6. The Hall–Kier alpha value is -2.40. The van der Waals surface area contributed by atoms with Gasteiger partial charge in [0.2, 0.25) is 0 Å². The van der Waals surface area contributed by atoms with Gasteiger partial charge < -0.3 is 34.1 Å². The molecule has 0 unspecified atom stereocenters.